The molecule has 1 saturated carbocycles. The van der Waals surface area contributed by atoms with Crippen molar-refractivity contribution in [3.63, 3.8) is 0 Å². The summed E-state index contributed by atoms with van der Waals surface area (Å²) in [7, 11) is 0. The largest absolute Gasteiger partial charge is 0.417 e. The molecule has 1 fully saturated rings. The maximum absolute atomic E-state index is 12.7. The fourth-order valence-electron chi connectivity index (χ4n) is 2.24. The number of hydrogen-bond donors (Lipinski definition) is 2. The first-order valence-corrected chi connectivity index (χ1v) is 6.68. The third-order valence-electron chi connectivity index (χ3n) is 3.22. The maximum atomic E-state index is 12.7. The van der Waals surface area contributed by atoms with Crippen LogP contribution in [0.25, 0.3) is 0 Å². The third kappa shape index (κ3) is 3.79. The number of carbonyl (C=O) groups is 1. The molecule has 3 nitrogen and oxygen atoms in total. The van der Waals surface area contributed by atoms with Gasteiger partial charge in [0, 0.05) is 11.7 Å². The second-order valence-electron chi connectivity index (χ2n) is 4.77. The van der Waals surface area contributed by atoms with Gasteiger partial charge < -0.3 is 10.6 Å². The molecule has 0 unspecified atom stereocenters. The Morgan fingerprint density at radius 3 is 2.50 bits per heavy atom. The highest BCUT2D eigenvalue weighted by Gasteiger charge is 2.33. The van der Waals surface area contributed by atoms with E-state index < -0.39 is 17.8 Å². The van der Waals surface area contributed by atoms with Gasteiger partial charge in [-0.15, -0.1) is 0 Å². The lowest BCUT2D eigenvalue weighted by Crippen LogP contribution is -2.36. The standard InChI is InChI=1S/C13H14ClF3N2O/c14-11-6-5-9(7-10(11)13(15,16)17)19-12(20)18-8-3-1-2-4-8/h5-8H,1-4H2,(H2,18,19,20). The number of nitrogens with one attached hydrogen (secondary N) is 2. The van der Waals surface area contributed by atoms with Crippen LogP contribution in [0.1, 0.15) is 31.2 Å². The molecule has 0 aromatic heterocycles. The van der Waals surface area contributed by atoms with E-state index in [0.29, 0.717) is 0 Å². The van der Waals surface area contributed by atoms with E-state index in [1.54, 1.807) is 0 Å². The molecular formula is C13H14ClF3N2O. The van der Waals surface area contributed by atoms with E-state index in [9.17, 15) is 18.0 Å². The number of rotatable bonds is 2. The van der Waals surface area contributed by atoms with E-state index in [1.807, 2.05) is 0 Å². The van der Waals surface area contributed by atoms with Crippen molar-refractivity contribution < 1.29 is 18.0 Å². The van der Waals surface area contributed by atoms with Crippen LogP contribution < -0.4 is 10.6 Å². The summed E-state index contributed by atoms with van der Waals surface area (Å²) in [6.07, 6.45) is -0.616. The van der Waals surface area contributed by atoms with Crippen LogP contribution in [0.4, 0.5) is 23.7 Å². The first-order chi connectivity index (χ1) is 9.36. The Labute approximate surface area is 119 Å². The number of carbonyl (C=O) groups excluding carboxylic acids is 1. The molecule has 1 aliphatic rings. The Balaban J connectivity index is 2.04. The van der Waals surface area contributed by atoms with E-state index in [4.69, 9.17) is 11.6 Å². The minimum Gasteiger partial charge on any atom is -0.335 e. The van der Waals surface area contributed by atoms with Gasteiger partial charge in [0.2, 0.25) is 0 Å². The molecule has 1 aliphatic carbocycles. The summed E-state index contributed by atoms with van der Waals surface area (Å²) < 4.78 is 38.0. The van der Waals surface area contributed by atoms with Crippen molar-refractivity contribution in [3.8, 4) is 0 Å². The molecule has 1 aromatic carbocycles. The fraction of sp³-hybridized carbons (Fsp3) is 0.462. The van der Waals surface area contributed by atoms with Crippen LogP contribution in [0, 0.1) is 0 Å². The molecule has 7 heteroatoms. The second kappa shape index (κ2) is 5.91. The zero-order valence-corrected chi connectivity index (χ0v) is 11.3. The topological polar surface area (TPSA) is 41.1 Å². The van der Waals surface area contributed by atoms with E-state index in [1.165, 1.54) is 6.07 Å². The summed E-state index contributed by atoms with van der Waals surface area (Å²) in [6, 6.07) is 2.90. The normalized spacial score (nSPS) is 16.2. The van der Waals surface area contributed by atoms with Gasteiger partial charge in [-0.3, -0.25) is 0 Å². The number of hydrogen-bond acceptors (Lipinski definition) is 1. The molecule has 20 heavy (non-hydrogen) atoms. The number of alkyl halides is 3. The van der Waals surface area contributed by atoms with Gasteiger partial charge in [0.05, 0.1) is 10.6 Å². The molecule has 0 heterocycles. The molecule has 0 aliphatic heterocycles. The van der Waals surface area contributed by atoms with Gasteiger partial charge in [0.15, 0.2) is 0 Å². The highest BCUT2D eigenvalue weighted by molar-refractivity contribution is 6.31. The SMILES string of the molecule is O=C(Nc1ccc(Cl)c(C(F)(F)F)c1)NC1CCCC1. The summed E-state index contributed by atoms with van der Waals surface area (Å²) in [6.45, 7) is 0. The zero-order valence-electron chi connectivity index (χ0n) is 10.6. The van der Waals surface area contributed by atoms with Crippen molar-refractivity contribution in [1.82, 2.24) is 5.32 Å². The third-order valence-corrected chi connectivity index (χ3v) is 3.55. The van der Waals surface area contributed by atoms with E-state index in [0.717, 1.165) is 37.8 Å². The molecule has 0 saturated heterocycles. The molecule has 0 spiro atoms. The zero-order chi connectivity index (χ0) is 14.8. The quantitative estimate of drug-likeness (QED) is 0.834. The van der Waals surface area contributed by atoms with Crippen LogP contribution in [-0.2, 0) is 6.18 Å². The van der Waals surface area contributed by atoms with Gasteiger partial charge in [-0.2, -0.15) is 13.2 Å². The van der Waals surface area contributed by atoms with Crippen LogP contribution in [0.3, 0.4) is 0 Å². The van der Waals surface area contributed by atoms with Crippen molar-refractivity contribution in [2.45, 2.75) is 37.9 Å². The fourth-order valence-corrected chi connectivity index (χ4v) is 2.47. The summed E-state index contributed by atoms with van der Waals surface area (Å²) in [5, 5.41) is 4.75. The van der Waals surface area contributed by atoms with Crippen molar-refractivity contribution in [2.75, 3.05) is 5.32 Å². The van der Waals surface area contributed by atoms with Crippen LogP contribution in [0.5, 0.6) is 0 Å². The first kappa shape index (κ1) is 15.0. The number of amides is 2. The van der Waals surface area contributed by atoms with E-state index in [-0.39, 0.29) is 16.8 Å². The van der Waals surface area contributed by atoms with Gasteiger partial charge in [-0.1, -0.05) is 24.4 Å². The van der Waals surface area contributed by atoms with Gasteiger partial charge in [0.25, 0.3) is 0 Å². The van der Waals surface area contributed by atoms with Gasteiger partial charge >= 0.3 is 12.2 Å². The van der Waals surface area contributed by atoms with E-state index >= 15 is 0 Å². The molecule has 2 rings (SSSR count). The molecule has 0 bridgehead atoms. The Bertz CT molecular complexity index is 499. The summed E-state index contributed by atoms with van der Waals surface area (Å²) in [5.74, 6) is 0. The Morgan fingerprint density at radius 2 is 1.90 bits per heavy atom. The predicted octanol–water partition coefficient (Wildman–Crippen LogP) is 4.42. The summed E-state index contributed by atoms with van der Waals surface area (Å²) in [5.41, 5.74) is -0.893. The molecular weight excluding hydrogens is 293 g/mol. The monoisotopic (exact) mass is 306 g/mol. The van der Waals surface area contributed by atoms with Crippen LogP contribution in [0.15, 0.2) is 18.2 Å². The smallest absolute Gasteiger partial charge is 0.335 e. The number of benzene rings is 1. The lowest BCUT2D eigenvalue weighted by molar-refractivity contribution is -0.137. The lowest BCUT2D eigenvalue weighted by Gasteiger charge is -2.14. The van der Waals surface area contributed by atoms with Crippen molar-refractivity contribution >= 4 is 23.3 Å². The van der Waals surface area contributed by atoms with Gasteiger partial charge in [-0.05, 0) is 31.0 Å². The van der Waals surface area contributed by atoms with Crippen LogP contribution >= 0.6 is 11.6 Å². The summed E-state index contributed by atoms with van der Waals surface area (Å²) in [4.78, 5) is 11.7. The molecule has 110 valence electrons. The van der Waals surface area contributed by atoms with Crippen molar-refractivity contribution in [2.24, 2.45) is 0 Å². The van der Waals surface area contributed by atoms with Gasteiger partial charge in [0.1, 0.15) is 0 Å². The molecule has 0 radical (unpaired) electrons. The molecule has 2 amide bonds. The highest BCUT2D eigenvalue weighted by Crippen LogP contribution is 2.36. The molecule has 2 N–H and O–H groups in total. The second-order valence-corrected chi connectivity index (χ2v) is 5.18. The van der Waals surface area contributed by atoms with Crippen molar-refractivity contribution in [1.29, 1.82) is 0 Å². The van der Waals surface area contributed by atoms with Crippen LogP contribution in [0.2, 0.25) is 5.02 Å². The average molecular weight is 307 g/mol. The van der Waals surface area contributed by atoms with Gasteiger partial charge in [-0.25, -0.2) is 4.79 Å². The minimum atomic E-state index is -4.54. The first-order valence-electron chi connectivity index (χ1n) is 6.30. The molecule has 1 aromatic rings. The lowest BCUT2D eigenvalue weighted by atomic mass is 10.2. The number of halogens is 4. The minimum absolute atomic E-state index is 0.0669. The summed E-state index contributed by atoms with van der Waals surface area (Å²) >= 11 is 5.51. The Kier molecular flexibility index (Phi) is 4.42. The maximum Gasteiger partial charge on any atom is 0.417 e. The number of anilines is 1. The molecule has 0 atom stereocenters. The Morgan fingerprint density at radius 1 is 1.25 bits per heavy atom. The predicted molar refractivity (Wildman–Crippen MR) is 70.9 cm³/mol. The highest BCUT2D eigenvalue weighted by atomic mass is 35.5. The van der Waals surface area contributed by atoms with E-state index in [2.05, 4.69) is 10.6 Å². The average Bonchev–Trinajstić information content (AvgIpc) is 2.83. The Hall–Kier alpha value is -1.43. The van der Waals surface area contributed by atoms with Crippen molar-refractivity contribution in [3.05, 3.63) is 28.8 Å². The number of urea groups is 1. The van der Waals surface area contributed by atoms with Crippen LogP contribution in [-0.4, -0.2) is 12.1 Å².